The normalized spacial score (nSPS) is 17.4. The van der Waals surface area contributed by atoms with Crippen molar-refractivity contribution in [2.45, 2.75) is 45.6 Å². The molecule has 2 nitrogen and oxygen atoms in total. The Kier molecular flexibility index (Phi) is 4.44. The lowest BCUT2D eigenvalue weighted by atomic mass is 10.00. The summed E-state index contributed by atoms with van der Waals surface area (Å²) >= 11 is 0. The Hall–Kier alpha value is -1.05. The van der Waals surface area contributed by atoms with Crippen molar-refractivity contribution in [2.24, 2.45) is 0 Å². The van der Waals surface area contributed by atoms with Crippen molar-refractivity contribution in [1.29, 1.82) is 0 Å². The first kappa shape index (κ1) is 11.0. The van der Waals surface area contributed by atoms with Gasteiger partial charge in [0.1, 0.15) is 6.10 Å². The molecule has 0 spiro atoms. The second kappa shape index (κ2) is 5.63. The Bertz CT molecular complexity index is 251. The fourth-order valence-corrected chi connectivity index (χ4v) is 1.54. The van der Waals surface area contributed by atoms with Gasteiger partial charge in [-0.1, -0.05) is 30.7 Å². The molecule has 1 unspecified atom stereocenters. The number of hydrogen-bond acceptors (Lipinski definition) is 2. The molecule has 0 aromatic heterocycles. The van der Waals surface area contributed by atoms with Gasteiger partial charge >= 0.3 is 5.97 Å². The van der Waals surface area contributed by atoms with E-state index in [1.54, 1.807) is 0 Å². The highest BCUT2D eigenvalue weighted by molar-refractivity contribution is 5.69. The molecule has 0 aliphatic heterocycles. The first-order valence-corrected chi connectivity index (χ1v) is 5.26. The minimum atomic E-state index is -0.107. The maximum atomic E-state index is 11.0. The van der Waals surface area contributed by atoms with Crippen molar-refractivity contribution in [2.75, 3.05) is 0 Å². The Balaban J connectivity index is 2.32. The van der Waals surface area contributed by atoms with Crippen molar-refractivity contribution in [3.63, 3.8) is 0 Å². The van der Waals surface area contributed by atoms with Crippen LogP contribution in [-0.2, 0) is 9.53 Å². The van der Waals surface area contributed by atoms with E-state index in [-0.39, 0.29) is 12.1 Å². The van der Waals surface area contributed by atoms with E-state index in [1.807, 2.05) is 13.8 Å². The molecule has 0 aromatic carbocycles. The second-order valence-electron chi connectivity index (χ2n) is 3.65. The molecule has 1 aliphatic rings. The molecule has 0 bridgehead atoms. The van der Waals surface area contributed by atoms with E-state index in [0.717, 1.165) is 19.3 Å². The van der Waals surface area contributed by atoms with Crippen LogP contribution in [0.2, 0.25) is 0 Å². The molecular formula is C12H18O2. The van der Waals surface area contributed by atoms with E-state index >= 15 is 0 Å². The molecule has 1 aliphatic carbocycles. The van der Waals surface area contributed by atoms with Crippen molar-refractivity contribution in [1.82, 2.24) is 0 Å². The minimum Gasteiger partial charge on any atom is -0.462 e. The van der Waals surface area contributed by atoms with E-state index in [4.69, 9.17) is 4.74 Å². The maximum absolute atomic E-state index is 11.0. The molecule has 1 atom stereocenters. The third kappa shape index (κ3) is 3.77. The van der Waals surface area contributed by atoms with Crippen LogP contribution >= 0.6 is 0 Å². The first-order valence-electron chi connectivity index (χ1n) is 5.26. The first-order chi connectivity index (χ1) is 6.72. The molecule has 0 saturated heterocycles. The smallest absolute Gasteiger partial charge is 0.305 e. The van der Waals surface area contributed by atoms with Crippen molar-refractivity contribution >= 4 is 5.97 Å². The van der Waals surface area contributed by atoms with Crippen molar-refractivity contribution < 1.29 is 9.53 Å². The number of hydrogen-bond donors (Lipinski definition) is 0. The van der Waals surface area contributed by atoms with E-state index in [1.165, 1.54) is 5.57 Å². The average molecular weight is 194 g/mol. The van der Waals surface area contributed by atoms with E-state index < -0.39 is 0 Å². The second-order valence-corrected chi connectivity index (χ2v) is 3.65. The number of carbonyl (C=O) groups excluding carboxylic acids is 1. The highest BCUT2D eigenvalue weighted by atomic mass is 16.5. The largest absolute Gasteiger partial charge is 0.462 e. The Labute approximate surface area is 85.6 Å². The van der Waals surface area contributed by atoms with Crippen LogP contribution in [0, 0.1) is 0 Å². The van der Waals surface area contributed by atoms with Gasteiger partial charge < -0.3 is 4.74 Å². The molecule has 0 aromatic rings. The van der Waals surface area contributed by atoms with Gasteiger partial charge in [-0.15, -0.1) is 0 Å². The zero-order chi connectivity index (χ0) is 10.4. The van der Waals surface area contributed by atoms with Gasteiger partial charge in [0, 0.05) is 12.8 Å². The topological polar surface area (TPSA) is 26.3 Å². The Morgan fingerprint density at radius 1 is 1.64 bits per heavy atom. The molecule has 0 heterocycles. The molecule has 0 fully saturated rings. The highest BCUT2D eigenvalue weighted by Crippen LogP contribution is 2.18. The van der Waals surface area contributed by atoms with Gasteiger partial charge in [0.2, 0.25) is 0 Å². The van der Waals surface area contributed by atoms with Gasteiger partial charge in [-0.2, -0.15) is 0 Å². The lowest BCUT2D eigenvalue weighted by molar-refractivity contribution is -0.147. The molecule has 0 saturated carbocycles. The fraction of sp³-hybridized carbons (Fsp3) is 0.583. The lowest BCUT2D eigenvalue weighted by Gasteiger charge is -2.15. The van der Waals surface area contributed by atoms with E-state index in [2.05, 4.69) is 18.2 Å². The standard InChI is InChI=1S/C12H18O2/c1-3-12(13)14-10(2)9-11-7-5-4-6-8-11/h4-5,7,10H,3,6,8-9H2,1-2H3. The summed E-state index contributed by atoms with van der Waals surface area (Å²) in [6.07, 6.45) is 9.92. The number of carbonyl (C=O) groups is 1. The summed E-state index contributed by atoms with van der Waals surface area (Å²) in [5, 5.41) is 0. The van der Waals surface area contributed by atoms with Crippen LogP contribution in [0.5, 0.6) is 0 Å². The number of allylic oxidation sites excluding steroid dienone is 3. The number of esters is 1. The van der Waals surface area contributed by atoms with Crippen LogP contribution in [0.3, 0.4) is 0 Å². The monoisotopic (exact) mass is 194 g/mol. The molecule has 0 radical (unpaired) electrons. The van der Waals surface area contributed by atoms with Gasteiger partial charge in [-0.05, 0) is 19.8 Å². The summed E-state index contributed by atoms with van der Waals surface area (Å²) in [4.78, 5) is 11.0. The van der Waals surface area contributed by atoms with Crippen LogP contribution in [-0.4, -0.2) is 12.1 Å². The molecule has 2 heteroatoms. The third-order valence-electron chi connectivity index (χ3n) is 2.27. The van der Waals surface area contributed by atoms with E-state index in [0.29, 0.717) is 6.42 Å². The summed E-state index contributed by atoms with van der Waals surface area (Å²) in [5.41, 5.74) is 1.38. The zero-order valence-electron chi connectivity index (χ0n) is 8.95. The van der Waals surface area contributed by atoms with Gasteiger partial charge in [-0.25, -0.2) is 0 Å². The fourth-order valence-electron chi connectivity index (χ4n) is 1.54. The predicted octanol–water partition coefficient (Wildman–Crippen LogP) is 2.99. The number of rotatable bonds is 4. The summed E-state index contributed by atoms with van der Waals surface area (Å²) in [7, 11) is 0. The lowest BCUT2D eigenvalue weighted by Crippen LogP contribution is -2.14. The zero-order valence-corrected chi connectivity index (χ0v) is 8.95. The van der Waals surface area contributed by atoms with E-state index in [9.17, 15) is 4.79 Å². The van der Waals surface area contributed by atoms with Gasteiger partial charge in [-0.3, -0.25) is 4.79 Å². The molecule has 0 N–H and O–H groups in total. The van der Waals surface area contributed by atoms with Crippen LogP contribution in [0.25, 0.3) is 0 Å². The van der Waals surface area contributed by atoms with Crippen LogP contribution in [0.15, 0.2) is 23.8 Å². The number of ether oxygens (including phenoxy) is 1. The van der Waals surface area contributed by atoms with Crippen LogP contribution < -0.4 is 0 Å². The molecule has 14 heavy (non-hydrogen) atoms. The van der Waals surface area contributed by atoms with Crippen LogP contribution in [0.1, 0.15) is 39.5 Å². The predicted molar refractivity (Wildman–Crippen MR) is 56.9 cm³/mol. The summed E-state index contributed by atoms with van der Waals surface area (Å²) in [6, 6.07) is 0. The van der Waals surface area contributed by atoms with Crippen LogP contribution in [0.4, 0.5) is 0 Å². The average Bonchev–Trinajstić information content (AvgIpc) is 2.19. The van der Waals surface area contributed by atoms with Crippen molar-refractivity contribution in [3.05, 3.63) is 23.8 Å². The Morgan fingerprint density at radius 2 is 2.43 bits per heavy atom. The van der Waals surface area contributed by atoms with Gasteiger partial charge in [0.05, 0.1) is 0 Å². The summed E-state index contributed by atoms with van der Waals surface area (Å²) in [6.45, 7) is 3.77. The molecule has 1 rings (SSSR count). The Morgan fingerprint density at radius 3 is 3.00 bits per heavy atom. The minimum absolute atomic E-state index is 0.0141. The third-order valence-corrected chi connectivity index (χ3v) is 2.27. The molecule has 78 valence electrons. The van der Waals surface area contributed by atoms with Gasteiger partial charge in [0.25, 0.3) is 0 Å². The molecule has 0 amide bonds. The summed E-state index contributed by atoms with van der Waals surface area (Å²) < 4.78 is 5.20. The molecular weight excluding hydrogens is 176 g/mol. The quantitative estimate of drug-likeness (QED) is 0.643. The van der Waals surface area contributed by atoms with Crippen molar-refractivity contribution in [3.8, 4) is 0 Å². The summed E-state index contributed by atoms with van der Waals surface area (Å²) in [5.74, 6) is -0.107. The SMILES string of the molecule is CCC(=O)OC(C)CC1=CC=CCC1. The van der Waals surface area contributed by atoms with Gasteiger partial charge in [0.15, 0.2) is 0 Å². The highest BCUT2D eigenvalue weighted by Gasteiger charge is 2.10. The maximum Gasteiger partial charge on any atom is 0.305 e.